The Kier molecular flexibility index (Phi) is 10.4. The molecule has 0 spiro atoms. The third-order valence-corrected chi connectivity index (χ3v) is 7.60. The first-order valence-corrected chi connectivity index (χ1v) is 15.3. The second kappa shape index (κ2) is 14.8. The zero-order valence-corrected chi connectivity index (χ0v) is 26.3. The van der Waals surface area contributed by atoms with Gasteiger partial charge in [0.05, 0.1) is 24.3 Å². The average molecular weight is 647 g/mol. The largest absolute Gasteiger partial charge is 0.493 e. The lowest BCUT2D eigenvalue weighted by molar-refractivity contribution is -0.114. The summed E-state index contributed by atoms with van der Waals surface area (Å²) in [6, 6.07) is 18.4. The monoisotopic (exact) mass is 646 g/mol. The van der Waals surface area contributed by atoms with Crippen LogP contribution in [0.15, 0.2) is 89.0 Å². The number of nitrogens with one attached hydrogen (secondary N) is 1. The molecule has 1 amide bonds. The number of carbonyl (C=O) groups excluding carboxylic acids is 1. The number of aliphatic imine (C=N–C) groups is 1. The highest BCUT2D eigenvalue weighted by atomic mass is 35.5. The Balaban J connectivity index is 1.27. The molecule has 0 aromatic heterocycles. The van der Waals surface area contributed by atoms with E-state index in [1.807, 2.05) is 61.5 Å². The highest BCUT2D eigenvalue weighted by Crippen LogP contribution is 2.38. The van der Waals surface area contributed by atoms with Crippen molar-refractivity contribution in [2.75, 3.05) is 33.5 Å². The zero-order valence-electron chi connectivity index (χ0n) is 24.7. The molecule has 0 saturated carbocycles. The number of rotatable bonds is 14. The van der Waals surface area contributed by atoms with Gasteiger partial charge >= 0.3 is 0 Å². The quantitative estimate of drug-likeness (QED) is 0.118. The maximum absolute atomic E-state index is 13.0. The number of hydrazone groups is 1. The second-order valence-electron chi connectivity index (χ2n) is 9.55. The SMILES string of the molecule is C=CCc1ccc(OCCOc2c(Cl)cc(/C=C3/C(=N)N4N=C(COc5ccccc5)SC4=NC3=O)cc2OCC)c(OC)c1. The third kappa shape index (κ3) is 7.68. The number of thioether (sulfide) groups is 1. The predicted molar refractivity (Wildman–Crippen MR) is 177 cm³/mol. The van der Waals surface area contributed by atoms with Crippen molar-refractivity contribution < 1.29 is 28.5 Å². The highest BCUT2D eigenvalue weighted by Gasteiger charge is 2.36. The lowest BCUT2D eigenvalue weighted by Crippen LogP contribution is -2.35. The molecule has 2 aliphatic rings. The molecule has 0 unspecified atom stereocenters. The van der Waals surface area contributed by atoms with Crippen LogP contribution >= 0.6 is 23.4 Å². The van der Waals surface area contributed by atoms with Gasteiger partial charge < -0.3 is 23.7 Å². The molecule has 0 fully saturated rings. The number of carbonyl (C=O) groups is 1. The first-order chi connectivity index (χ1) is 21.9. The van der Waals surface area contributed by atoms with Crippen LogP contribution in [0.2, 0.25) is 5.02 Å². The Morgan fingerprint density at radius 1 is 1.00 bits per heavy atom. The van der Waals surface area contributed by atoms with Crippen molar-refractivity contribution in [1.29, 1.82) is 5.41 Å². The minimum Gasteiger partial charge on any atom is -0.493 e. The number of fused-ring (bicyclic) bond motifs is 1. The summed E-state index contributed by atoms with van der Waals surface area (Å²) in [4.78, 5) is 17.1. The molecule has 2 aliphatic heterocycles. The maximum atomic E-state index is 13.0. The van der Waals surface area contributed by atoms with Gasteiger partial charge in [0.1, 0.15) is 30.6 Å². The molecule has 0 saturated heterocycles. The first-order valence-electron chi connectivity index (χ1n) is 14.1. The average Bonchev–Trinajstić information content (AvgIpc) is 3.45. The fourth-order valence-corrected chi connectivity index (χ4v) is 5.48. The molecule has 0 radical (unpaired) electrons. The van der Waals surface area contributed by atoms with Gasteiger partial charge in [-0.25, -0.2) is 0 Å². The molecule has 12 heteroatoms. The van der Waals surface area contributed by atoms with Crippen LogP contribution in [-0.2, 0) is 11.2 Å². The van der Waals surface area contributed by atoms with E-state index in [2.05, 4.69) is 16.7 Å². The molecule has 45 heavy (non-hydrogen) atoms. The molecule has 0 atom stereocenters. The standard InChI is InChI=1S/C33H31ClN4O6S/c1-4-9-21-12-13-26(27(18-21)40-3)42-14-15-43-30-25(34)17-22(19-28(30)41-5-2)16-24-31(35)38-33(36-32(24)39)45-29(37-38)20-44-23-10-7-6-8-11-23/h4,6-8,10-13,16-19,35H,1,5,9,14-15,20H2,2-3H3/b24-16-,35-31?. The number of allylic oxidation sites excluding steroid dienone is 1. The molecule has 0 aliphatic carbocycles. The van der Waals surface area contributed by atoms with Crippen molar-refractivity contribution in [1.82, 2.24) is 5.01 Å². The summed E-state index contributed by atoms with van der Waals surface area (Å²) in [6.07, 6.45) is 4.09. The summed E-state index contributed by atoms with van der Waals surface area (Å²) >= 11 is 7.82. The summed E-state index contributed by atoms with van der Waals surface area (Å²) in [5, 5.41) is 15.6. The van der Waals surface area contributed by atoms with E-state index in [0.29, 0.717) is 51.1 Å². The summed E-state index contributed by atoms with van der Waals surface area (Å²) in [5.74, 6) is 1.97. The predicted octanol–water partition coefficient (Wildman–Crippen LogP) is 6.63. The summed E-state index contributed by atoms with van der Waals surface area (Å²) in [5.41, 5.74) is 1.66. The summed E-state index contributed by atoms with van der Waals surface area (Å²) in [6.45, 7) is 6.55. The minimum atomic E-state index is -0.557. The minimum absolute atomic E-state index is 0.0574. The Labute approximate surface area is 270 Å². The molecule has 2 heterocycles. The molecule has 3 aromatic rings. The number of hydrogen-bond acceptors (Lipinski definition) is 9. The smallest absolute Gasteiger partial charge is 0.283 e. The van der Waals surface area contributed by atoms with E-state index in [9.17, 15) is 4.79 Å². The topological polar surface area (TPSA) is 115 Å². The first kappa shape index (κ1) is 31.7. The van der Waals surface area contributed by atoms with Gasteiger partial charge in [0, 0.05) is 0 Å². The van der Waals surface area contributed by atoms with E-state index >= 15 is 0 Å². The Morgan fingerprint density at radius 2 is 1.80 bits per heavy atom. The van der Waals surface area contributed by atoms with E-state index < -0.39 is 5.91 Å². The van der Waals surface area contributed by atoms with Crippen molar-refractivity contribution in [3.05, 3.63) is 95.0 Å². The van der Waals surface area contributed by atoms with Gasteiger partial charge in [-0.3, -0.25) is 10.2 Å². The normalized spacial score (nSPS) is 14.9. The molecular weight excluding hydrogens is 616 g/mol. The van der Waals surface area contributed by atoms with Gasteiger partial charge in [0.25, 0.3) is 5.91 Å². The second-order valence-corrected chi connectivity index (χ2v) is 11.0. The number of methoxy groups -OCH3 is 1. The molecule has 5 rings (SSSR count). The lowest BCUT2D eigenvalue weighted by atomic mass is 10.1. The van der Waals surface area contributed by atoms with Crippen LogP contribution in [-0.4, -0.2) is 60.5 Å². The summed E-state index contributed by atoms with van der Waals surface area (Å²) < 4.78 is 28.9. The number of hydrogen-bond donors (Lipinski definition) is 1. The number of amides is 1. The van der Waals surface area contributed by atoms with Gasteiger partial charge in [0.15, 0.2) is 28.8 Å². The molecular formula is C33H31ClN4O6S. The van der Waals surface area contributed by atoms with Crippen LogP contribution in [0.25, 0.3) is 6.08 Å². The van der Waals surface area contributed by atoms with Crippen LogP contribution in [0.5, 0.6) is 28.7 Å². The van der Waals surface area contributed by atoms with E-state index in [0.717, 1.165) is 12.0 Å². The number of amidine groups is 2. The number of halogens is 1. The van der Waals surface area contributed by atoms with E-state index in [1.54, 1.807) is 19.2 Å². The van der Waals surface area contributed by atoms with Gasteiger partial charge in [-0.1, -0.05) is 41.9 Å². The highest BCUT2D eigenvalue weighted by molar-refractivity contribution is 8.27. The number of para-hydroxylation sites is 1. The molecule has 3 aromatic carbocycles. The van der Waals surface area contributed by atoms with Gasteiger partial charge in [-0.2, -0.15) is 15.1 Å². The summed E-state index contributed by atoms with van der Waals surface area (Å²) in [7, 11) is 1.59. The Morgan fingerprint density at radius 3 is 2.56 bits per heavy atom. The molecule has 232 valence electrons. The lowest BCUT2D eigenvalue weighted by Gasteiger charge is -2.20. The van der Waals surface area contributed by atoms with Crippen molar-refractivity contribution >= 4 is 51.4 Å². The number of benzene rings is 3. The number of ether oxygens (including phenoxy) is 5. The van der Waals surface area contributed by atoms with Crippen LogP contribution in [0, 0.1) is 5.41 Å². The van der Waals surface area contributed by atoms with Crippen molar-refractivity contribution in [2.45, 2.75) is 13.3 Å². The van der Waals surface area contributed by atoms with Crippen molar-refractivity contribution in [3.8, 4) is 28.7 Å². The van der Waals surface area contributed by atoms with E-state index in [1.165, 1.54) is 22.8 Å². The van der Waals surface area contributed by atoms with Crippen LogP contribution in [0.1, 0.15) is 18.1 Å². The van der Waals surface area contributed by atoms with E-state index in [-0.39, 0.29) is 36.3 Å². The fourth-order valence-electron chi connectivity index (χ4n) is 4.41. The Bertz CT molecular complexity index is 1690. The molecule has 0 bridgehead atoms. The maximum Gasteiger partial charge on any atom is 0.283 e. The third-order valence-electron chi connectivity index (χ3n) is 6.44. The van der Waals surface area contributed by atoms with Gasteiger partial charge in [-0.15, -0.1) is 6.58 Å². The van der Waals surface area contributed by atoms with Crippen LogP contribution < -0.4 is 23.7 Å². The van der Waals surface area contributed by atoms with Gasteiger partial charge in [-0.05, 0) is 78.7 Å². The zero-order chi connectivity index (χ0) is 31.8. The van der Waals surface area contributed by atoms with E-state index in [4.69, 9.17) is 40.7 Å². The van der Waals surface area contributed by atoms with Crippen LogP contribution in [0.3, 0.4) is 0 Å². The van der Waals surface area contributed by atoms with Gasteiger partial charge in [0.2, 0.25) is 5.17 Å². The fraction of sp³-hybridized carbons (Fsp3) is 0.212. The molecule has 1 N–H and O–H groups in total. The number of nitrogens with zero attached hydrogens (tertiary/aromatic N) is 3. The Hall–Kier alpha value is -4.74. The van der Waals surface area contributed by atoms with Crippen molar-refractivity contribution in [3.63, 3.8) is 0 Å². The van der Waals surface area contributed by atoms with Crippen molar-refractivity contribution in [2.24, 2.45) is 10.1 Å². The molecule has 10 nitrogen and oxygen atoms in total. The van der Waals surface area contributed by atoms with Crippen LogP contribution in [0.4, 0.5) is 0 Å².